The molecule has 0 saturated carbocycles. The summed E-state index contributed by atoms with van der Waals surface area (Å²) in [5, 5.41) is 10.9. The standard InChI is InChI=1S/C12H10N2O3/c1-8-2-4-9(5-3-8)12-10(7-15)13-6-11(12)14(16)17/h2-7,13H,1H3. The second kappa shape index (κ2) is 4.21. The van der Waals surface area contributed by atoms with Crippen molar-refractivity contribution < 1.29 is 9.72 Å². The number of hydrogen-bond acceptors (Lipinski definition) is 3. The lowest BCUT2D eigenvalue weighted by atomic mass is 10.0. The quantitative estimate of drug-likeness (QED) is 0.500. The Morgan fingerprint density at radius 1 is 1.29 bits per heavy atom. The number of nitrogens with one attached hydrogen (secondary N) is 1. The van der Waals surface area contributed by atoms with Crippen molar-refractivity contribution in [1.82, 2.24) is 4.98 Å². The highest BCUT2D eigenvalue weighted by atomic mass is 16.6. The third-order valence-electron chi connectivity index (χ3n) is 2.54. The van der Waals surface area contributed by atoms with Crippen LogP contribution in [0.3, 0.4) is 0 Å². The number of aryl methyl sites for hydroxylation is 1. The van der Waals surface area contributed by atoms with Crippen LogP contribution < -0.4 is 0 Å². The van der Waals surface area contributed by atoms with Gasteiger partial charge in [0.25, 0.3) is 5.69 Å². The van der Waals surface area contributed by atoms with Crippen LogP contribution in [0.5, 0.6) is 0 Å². The van der Waals surface area contributed by atoms with Crippen molar-refractivity contribution >= 4 is 12.0 Å². The van der Waals surface area contributed by atoms with Crippen LogP contribution in [0.4, 0.5) is 5.69 Å². The number of nitro groups is 1. The lowest BCUT2D eigenvalue weighted by molar-refractivity contribution is -0.384. The molecular weight excluding hydrogens is 220 g/mol. The van der Waals surface area contributed by atoms with Crippen LogP contribution in [0.25, 0.3) is 11.1 Å². The van der Waals surface area contributed by atoms with Crippen molar-refractivity contribution in [2.24, 2.45) is 0 Å². The molecule has 0 aliphatic rings. The normalized spacial score (nSPS) is 10.2. The zero-order valence-corrected chi connectivity index (χ0v) is 9.14. The van der Waals surface area contributed by atoms with Crippen LogP contribution >= 0.6 is 0 Å². The third kappa shape index (κ3) is 1.94. The molecule has 17 heavy (non-hydrogen) atoms. The highest BCUT2D eigenvalue weighted by molar-refractivity contribution is 5.90. The molecule has 0 amide bonds. The summed E-state index contributed by atoms with van der Waals surface area (Å²) < 4.78 is 0. The molecule has 5 heteroatoms. The maximum atomic E-state index is 10.9. The predicted octanol–water partition coefficient (Wildman–Crippen LogP) is 2.71. The summed E-state index contributed by atoms with van der Waals surface area (Å²) in [6.45, 7) is 1.93. The predicted molar refractivity (Wildman–Crippen MR) is 63.0 cm³/mol. The SMILES string of the molecule is Cc1ccc(-c2c([N+](=O)[O-])c[nH]c2C=O)cc1. The Bertz CT molecular complexity index is 570. The van der Waals surface area contributed by atoms with E-state index in [0.717, 1.165) is 5.56 Å². The molecule has 5 nitrogen and oxygen atoms in total. The van der Waals surface area contributed by atoms with Gasteiger partial charge in [-0.3, -0.25) is 14.9 Å². The molecule has 86 valence electrons. The fourth-order valence-corrected chi connectivity index (χ4v) is 1.69. The zero-order valence-electron chi connectivity index (χ0n) is 9.14. The van der Waals surface area contributed by atoms with Crippen molar-refractivity contribution in [3.05, 3.63) is 51.8 Å². The summed E-state index contributed by atoms with van der Waals surface area (Å²) in [5.74, 6) is 0. The average Bonchev–Trinajstić information content (AvgIpc) is 2.73. The first-order valence-corrected chi connectivity index (χ1v) is 5.01. The lowest BCUT2D eigenvalue weighted by Gasteiger charge is -2.00. The molecule has 0 aliphatic carbocycles. The molecule has 1 heterocycles. The number of benzene rings is 1. The van der Waals surface area contributed by atoms with Crippen molar-refractivity contribution in [3.8, 4) is 11.1 Å². The molecule has 1 aromatic carbocycles. The minimum absolute atomic E-state index is 0.0871. The lowest BCUT2D eigenvalue weighted by Crippen LogP contribution is -1.90. The van der Waals surface area contributed by atoms with Gasteiger partial charge in [-0.2, -0.15) is 0 Å². The summed E-state index contributed by atoms with van der Waals surface area (Å²) in [6, 6.07) is 7.22. The molecule has 0 atom stereocenters. The molecule has 0 bridgehead atoms. The zero-order chi connectivity index (χ0) is 12.4. The van der Waals surface area contributed by atoms with Gasteiger partial charge in [-0.15, -0.1) is 0 Å². The van der Waals surface area contributed by atoms with Gasteiger partial charge in [0.1, 0.15) is 0 Å². The first-order chi connectivity index (χ1) is 8.13. The number of aromatic nitrogens is 1. The molecule has 0 radical (unpaired) electrons. The summed E-state index contributed by atoms with van der Waals surface area (Å²) in [5.41, 5.74) is 2.19. The van der Waals surface area contributed by atoms with E-state index in [9.17, 15) is 14.9 Å². The largest absolute Gasteiger partial charge is 0.353 e. The number of aromatic amines is 1. The Balaban J connectivity index is 2.63. The number of H-pyrrole nitrogens is 1. The smallest absolute Gasteiger partial charge is 0.295 e. The molecule has 0 spiro atoms. The fourth-order valence-electron chi connectivity index (χ4n) is 1.69. The molecule has 0 saturated heterocycles. The van der Waals surface area contributed by atoms with Gasteiger partial charge in [-0.25, -0.2) is 0 Å². The van der Waals surface area contributed by atoms with Crippen LogP contribution in [0.1, 0.15) is 16.1 Å². The van der Waals surface area contributed by atoms with E-state index >= 15 is 0 Å². The van der Waals surface area contributed by atoms with Gasteiger partial charge in [0, 0.05) is 0 Å². The summed E-state index contributed by atoms with van der Waals surface area (Å²) in [4.78, 5) is 23.8. The molecular formula is C12H10N2O3. The van der Waals surface area contributed by atoms with Crippen molar-refractivity contribution in [3.63, 3.8) is 0 Å². The highest BCUT2D eigenvalue weighted by Gasteiger charge is 2.21. The van der Waals surface area contributed by atoms with Crippen LogP contribution in [0.15, 0.2) is 30.5 Å². The monoisotopic (exact) mass is 230 g/mol. The molecule has 2 aromatic rings. The van der Waals surface area contributed by atoms with Gasteiger partial charge in [-0.1, -0.05) is 29.8 Å². The van der Waals surface area contributed by atoms with Gasteiger partial charge in [0.15, 0.2) is 6.29 Å². The van der Waals surface area contributed by atoms with Crippen LogP contribution in [0, 0.1) is 17.0 Å². The molecule has 0 unspecified atom stereocenters. The van der Waals surface area contributed by atoms with Crippen LogP contribution in [0.2, 0.25) is 0 Å². The number of nitrogens with zero attached hydrogens (tertiary/aromatic N) is 1. The van der Waals surface area contributed by atoms with E-state index in [0.29, 0.717) is 17.4 Å². The van der Waals surface area contributed by atoms with E-state index in [-0.39, 0.29) is 11.4 Å². The second-order valence-corrected chi connectivity index (χ2v) is 3.70. The van der Waals surface area contributed by atoms with Gasteiger partial charge in [0.05, 0.1) is 22.4 Å². The highest BCUT2D eigenvalue weighted by Crippen LogP contribution is 2.32. The van der Waals surface area contributed by atoms with Crippen molar-refractivity contribution in [2.45, 2.75) is 6.92 Å². The number of aldehydes is 1. The molecule has 1 aromatic heterocycles. The van der Waals surface area contributed by atoms with Crippen molar-refractivity contribution in [1.29, 1.82) is 0 Å². The Morgan fingerprint density at radius 3 is 2.47 bits per heavy atom. The Morgan fingerprint density at radius 2 is 1.94 bits per heavy atom. The topological polar surface area (TPSA) is 76.0 Å². The third-order valence-corrected chi connectivity index (χ3v) is 2.54. The van der Waals surface area contributed by atoms with Gasteiger partial charge < -0.3 is 4.98 Å². The minimum atomic E-state index is -0.501. The molecule has 1 N–H and O–H groups in total. The van der Waals surface area contributed by atoms with Crippen LogP contribution in [-0.4, -0.2) is 16.2 Å². The Labute approximate surface area is 97.2 Å². The van der Waals surface area contributed by atoms with Crippen LogP contribution in [-0.2, 0) is 0 Å². The van der Waals surface area contributed by atoms with Gasteiger partial charge in [0.2, 0.25) is 0 Å². The Kier molecular flexibility index (Phi) is 2.74. The minimum Gasteiger partial charge on any atom is -0.353 e. The Hall–Kier alpha value is -2.43. The van der Waals surface area contributed by atoms with E-state index < -0.39 is 4.92 Å². The number of rotatable bonds is 3. The van der Waals surface area contributed by atoms with E-state index in [2.05, 4.69) is 4.98 Å². The van der Waals surface area contributed by atoms with E-state index in [4.69, 9.17) is 0 Å². The van der Waals surface area contributed by atoms with Gasteiger partial charge >= 0.3 is 0 Å². The number of carbonyl (C=O) groups excluding carboxylic acids is 1. The van der Waals surface area contributed by atoms with Crippen molar-refractivity contribution in [2.75, 3.05) is 0 Å². The van der Waals surface area contributed by atoms with E-state index in [1.807, 2.05) is 19.1 Å². The fraction of sp³-hybridized carbons (Fsp3) is 0.0833. The average molecular weight is 230 g/mol. The maximum absolute atomic E-state index is 10.9. The van der Waals surface area contributed by atoms with Gasteiger partial charge in [-0.05, 0) is 12.5 Å². The maximum Gasteiger partial charge on any atom is 0.295 e. The summed E-state index contributed by atoms with van der Waals surface area (Å²) >= 11 is 0. The van der Waals surface area contributed by atoms with E-state index in [1.54, 1.807) is 12.1 Å². The second-order valence-electron chi connectivity index (χ2n) is 3.70. The number of carbonyl (C=O) groups is 1. The molecule has 2 rings (SSSR count). The van der Waals surface area contributed by atoms with E-state index in [1.165, 1.54) is 6.20 Å². The first-order valence-electron chi connectivity index (χ1n) is 5.01. The molecule has 0 aliphatic heterocycles. The summed E-state index contributed by atoms with van der Waals surface area (Å²) in [6.07, 6.45) is 1.82. The number of hydrogen-bond donors (Lipinski definition) is 1. The molecule has 0 fully saturated rings. The summed E-state index contributed by atoms with van der Waals surface area (Å²) in [7, 11) is 0. The first kappa shape index (κ1) is 11.1.